The first-order valence-electron chi connectivity index (χ1n) is 6.37. The highest BCUT2D eigenvalue weighted by Crippen LogP contribution is 2.23. The van der Waals surface area contributed by atoms with Crippen LogP contribution in [0.1, 0.15) is 25.5 Å². The fraction of sp³-hybridized carbons (Fsp3) is 0.357. The molecule has 0 amide bonds. The van der Waals surface area contributed by atoms with E-state index in [0.29, 0.717) is 16.7 Å². The number of halogens is 2. The molecular weight excluding hydrogens is 265 g/mol. The molecule has 0 aliphatic carbocycles. The lowest BCUT2D eigenvalue weighted by Crippen LogP contribution is -2.08. The van der Waals surface area contributed by atoms with Gasteiger partial charge < -0.3 is 5.32 Å². The van der Waals surface area contributed by atoms with E-state index in [1.54, 1.807) is 16.8 Å². The summed E-state index contributed by atoms with van der Waals surface area (Å²) in [4.78, 5) is 4.37. The van der Waals surface area contributed by atoms with E-state index >= 15 is 0 Å². The third-order valence-electron chi connectivity index (χ3n) is 2.81. The maximum Gasteiger partial charge on any atom is 0.207 e. The second kappa shape index (κ2) is 6.06. The maximum absolute atomic E-state index is 13.9. The molecule has 5 heteroatoms. The Balaban J connectivity index is 2.35. The van der Waals surface area contributed by atoms with Gasteiger partial charge in [-0.2, -0.15) is 0 Å². The zero-order chi connectivity index (χ0) is 13.8. The van der Waals surface area contributed by atoms with Crippen LogP contribution in [-0.4, -0.2) is 16.1 Å². The van der Waals surface area contributed by atoms with Gasteiger partial charge in [0, 0.05) is 17.8 Å². The minimum Gasteiger partial charge on any atom is -0.355 e. The third-order valence-corrected chi connectivity index (χ3v) is 3.04. The molecule has 1 N–H and O–H groups in total. The summed E-state index contributed by atoms with van der Waals surface area (Å²) in [6.07, 6.45) is 3.94. The number of anilines is 1. The van der Waals surface area contributed by atoms with Gasteiger partial charge in [-0.1, -0.05) is 24.9 Å². The number of nitrogens with zero attached hydrogens (tertiary/aromatic N) is 2. The molecule has 3 nitrogen and oxygen atoms in total. The predicted molar refractivity (Wildman–Crippen MR) is 76.7 cm³/mol. The van der Waals surface area contributed by atoms with E-state index in [1.165, 1.54) is 12.1 Å². The van der Waals surface area contributed by atoms with Crippen molar-refractivity contribution in [3.05, 3.63) is 40.9 Å². The molecule has 1 aromatic carbocycles. The molecular formula is C14H17ClFN3. The molecule has 19 heavy (non-hydrogen) atoms. The lowest BCUT2D eigenvalue weighted by molar-refractivity contribution is 0.618. The zero-order valence-corrected chi connectivity index (χ0v) is 11.8. The molecule has 2 rings (SSSR count). The van der Waals surface area contributed by atoms with Crippen molar-refractivity contribution in [2.45, 2.75) is 26.7 Å². The molecule has 0 bridgehead atoms. The fourth-order valence-electron chi connectivity index (χ4n) is 1.85. The van der Waals surface area contributed by atoms with Crippen molar-refractivity contribution in [1.82, 2.24) is 9.55 Å². The monoisotopic (exact) mass is 281 g/mol. The number of aromatic nitrogens is 2. The van der Waals surface area contributed by atoms with Crippen molar-refractivity contribution in [1.29, 1.82) is 0 Å². The fourth-order valence-corrected chi connectivity index (χ4v) is 2.02. The Morgan fingerprint density at radius 2 is 2.21 bits per heavy atom. The molecule has 102 valence electrons. The van der Waals surface area contributed by atoms with E-state index < -0.39 is 0 Å². The standard InChI is InChI=1S/C14H17ClFN3/c1-3-4-7-17-14-18-10(2)9-19(14)13-8-11(15)5-6-12(13)16/h5-6,8-9H,3-4,7H2,1-2H3,(H,17,18). The van der Waals surface area contributed by atoms with Gasteiger partial charge in [-0.3, -0.25) is 4.57 Å². The van der Waals surface area contributed by atoms with Gasteiger partial charge in [0.15, 0.2) is 0 Å². The Morgan fingerprint density at radius 1 is 1.42 bits per heavy atom. The first-order chi connectivity index (χ1) is 9.11. The summed E-state index contributed by atoms with van der Waals surface area (Å²) in [6, 6.07) is 4.50. The molecule has 0 atom stereocenters. The Labute approximate surface area is 117 Å². The molecule has 0 fully saturated rings. The summed E-state index contributed by atoms with van der Waals surface area (Å²) in [5.41, 5.74) is 1.24. The summed E-state index contributed by atoms with van der Waals surface area (Å²) in [5, 5.41) is 3.72. The Morgan fingerprint density at radius 3 is 2.95 bits per heavy atom. The average molecular weight is 282 g/mol. The van der Waals surface area contributed by atoms with Crippen LogP contribution in [0.2, 0.25) is 5.02 Å². The molecule has 0 radical (unpaired) electrons. The second-order valence-corrected chi connectivity index (χ2v) is 4.89. The van der Waals surface area contributed by atoms with Crippen LogP contribution in [0.5, 0.6) is 0 Å². The predicted octanol–water partition coefficient (Wildman–Crippen LogP) is 4.19. The summed E-state index contributed by atoms with van der Waals surface area (Å²) in [6.45, 7) is 4.81. The van der Waals surface area contributed by atoms with E-state index in [-0.39, 0.29) is 5.82 Å². The zero-order valence-electron chi connectivity index (χ0n) is 11.1. The van der Waals surface area contributed by atoms with E-state index in [1.807, 2.05) is 6.92 Å². The minimum atomic E-state index is -0.319. The van der Waals surface area contributed by atoms with Gasteiger partial charge in [0.2, 0.25) is 5.95 Å². The molecule has 0 spiro atoms. The van der Waals surface area contributed by atoms with Crippen molar-refractivity contribution in [3.63, 3.8) is 0 Å². The van der Waals surface area contributed by atoms with Crippen molar-refractivity contribution in [2.75, 3.05) is 11.9 Å². The topological polar surface area (TPSA) is 29.9 Å². The Bertz CT molecular complexity index is 566. The SMILES string of the molecule is CCCCNc1nc(C)cn1-c1cc(Cl)ccc1F. The number of imidazole rings is 1. The van der Waals surface area contributed by atoms with Gasteiger partial charge in [0.1, 0.15) is 5.82 Å². The minimum absolute atomic E-state index is 0.319. The van der Waals surface area contributed by atoms with Gasteiger partial charge in [0.05, 0.1) is 11.4 Å². The smallest absolute Gasteiger partial charge is 0.207 e. The van der Waals surface area contributed by atoms with Gasteiger partial charge in [-0.05, 0) is 31.5 Å². The van der Waals surface area contributed by atoms with Crippen molar-refractivity contribution in [3.8, 4) is 5.69 Å². The normalized spacial score (nSPS) is 10.7. The van der Waals surface area contributed by atoms with E-state index in [9.17, 15) is 4.39 Å². The van der Waals surface area contributed by atoms with Crippen LogP contribution in [-0.2, 0) is 0 Å². The Hall–Kier alpha value is -1.55. The van der Waals surface area contributed by atoms with E-state index in [4.69, 9.17) is 11.6 Å². The Kier molecular flexibility index (Phi) is 4.43. The van der Waals surface area contributed by atoms with Crippen molar-refractivity contribution in [2.24, 2.45) is 0 Å². The van der Waals surface area contributed by atoms with Gasteiger partial charge in [0.25, 0.3) is 0 Å². The van der Waals surface area contributed by atoms with Crippen LogP contribution in [0, 0.1) is 12.7 Å². The first kappa shape index (κ1) is 13.9. The van der Waals surface area contributed by atoms with Crippen molar-refractivity contribution >= 4 is 17.5 Å². The molecule has 1 heterocycles. The number of hydrogen-bond donors (Lipinski definition) is 1. The van der Waals surface area contributed by atoms with Gasteiger partial charge >= 0.3 is 0 Å². The summed E-state index contributed by atoms with van der Waals surface area (Å²) in [5.74, 6) is 0.326. The summed E-state index contributed by atoms with van der Waals surface area (Å²) >= 11 is 5.93. The highest BCUT2D eigenvalue weighted by atomic mass is 35.5. The number of nitrogens with one attached hydrogen (secondary N) is 1. The highest BCUT2D eigenvalue weighted by molar-refractivity contribution is 6.30. The highest BCUT2D eigenvalue weighted by Gasteiger charge is 2.11. The maximum atomic E-state index is 13.9. The number of aryl methyl sites for hydroxylation is 1. The van der Waals surface area contributed by atoms with Crippen LogP contribution < -0.4 is 5.32 Å². The molecule has 0 saturated heterocycles. The molecule has 1 aromatic heterocycles. The number of hydrogen-bond acceptors (Lipinski definition) is 2. The second-order valence-electron chi connectivity index (χ2n) is 4.45. The number of rotatable bonds is 5. The van der Waals surface area contributed by atoms with Crippen LogP contribution in [0.4, 0.5) is 10.3 Å². The van der Waals surface area contributed by atoms with E-state index in [2.05, 4.69) is 17.2 Å². The lowest BCUT2D eigenvalue weighted by Gasteiger charge is -2.10. The molecule has 0 unspecified atom stereocenters. The van der Waals surface area contributed by atoms with Crippen LogP contribution in [0.3, 0.4) is 0 Å². The largest absolute Gasteiger partial charge is 0.355 e. The third kappa shape index (κ3) is 3.26. The summed E-state index contributed by atoms with van der Waals surface area (Å²) in [7, 11) is 0. The molecule has 0 saturated carbocycles. The van der Waals surface area contributed by atoms with Crippen LogP contribution in [0.25, 0.3) is 5.69 Å². The van der Waals surface area contributed by atoms with Crippen molar-refractivity contribution < 1.29 is 4.39 Å². The van der Waals surface area contributed by atoms with E-state index in [0.717, 1.165) is 25.1 Å². The molecule has 2 aromatic rings. The van der Waals surface area contributed by atoms with Gasteiger partial charge in [-0.25, -0.2) is 9.37 Å². The quantitative estimate of drug-likeness (QED) is 0.833. The van der Waals surface area contributed by atoms with Crippen LogP contribution in [0.15, 0.2) is 24.4 Å². The number of benzene rings is 1. The molecule has 0 aliphatic rings. The number of unbranched alkanes of at least 4 members (excludes halogenated alkanes) is 1. The lowest BCUT2D eigenvalue weighted by atomic mass is 10.3. The van der Waals surface area contributed by atoms with Gasteiger partial charge in [-0.15, -0.1) is 0 Å². The first-order valence-corrected chi connectivity index (χ1v) is 6.75. The summed E-state index contributed by atoms with van der Waals surface area (Å²) < 4.78 is 15.6. The average Bonchev–Trinajstić information content (AvgIpc) is 2.74. The molecule has 0 aliphatic heterocycles. The van der Waals surface area contributed by atoms with Crippen LogP contribution >= 0.6 is 11.6 Å².